The van der Waals surface area contributed by atoms with Crippen molar-refractivity contribution in [1.82, 2.24) is 16.0 Å². The Morgan fingerprint density at radius 1 is 1.29 bits per heavy atom. The van der Waals surface area contributed by atoms with E-state index in [2.05, 4.69) is 22.5 Å². The van der Waals surface area contributed by atoms with E-state index in [1.54, 1.807) is 21.1 Å². The molecule has 6 heteroatoms. The minimum absolute atomic E-state index is 0. The summed E-state index contributed by atoms with van der Waals surface area (Å²) in [7, 11) is 5.21. The fraction of sp³-hybridized carbons (Fsp3) is 0.625. The lowest BCUT2D eigenvalue weighted by atomic mass is 10.1. The second-order valence-corrected chi connectivity index (χ2v) is 2.74. The third-order valence-electron chi connectivity index (χ3n) is 2.06. The van der Waals surface area contributed by atoms with Gasteiger partial charge in [0.1, 0.15) is 5.79 Å². The Morgan fingerprint density at radius 2 is 1.64 bits per heavy atom. The SMILES string of the molecule is C=C(CC(NC)(NC)NC)C(=O)O.Cl. The van der Waals surface area contributed by atoms with Crippen LogP contribution in [0.2, 0.25) is 0 Å². The topological polar surface area (TPSA) is 73.4 Å². The standard InChI is InChI=1S/C8H17N3O2.ClH/c1-6(7(12)13)5-8(9-2,10-3)11-4;/h9-11H,1,5H2,2-4H3,(H,12,13);1H. The van der Waals surface area contributed by atoms with Crippen LogP contribution in [0.25, 0.3) is 0 Å². The number of rotatable bonds is 6. The van der Waals surface area contributed by atoms with Crippen molar-refractivity contribution in [1.29, 1.82) is 0 Å². The van der Waals surface area contributed by atoms with E-state index in [0.717, 1.165) is 0 Å². The number of aliphatic carboxylic acids is 1. The van der Waals surface area contributed by atoms with Crippen molar-refractivity contribution >= 4 is 18.4 Å². The van der Waals surface area contributed by atoms with Gasteiger partial charge in [0, 0.05) is 12.0 Å². The number of nitrogens with one attached hydrogen (secondary N) is 3. The van der Waals surface area contributed by atoms with Crippen molar-refractivity contribution in [2.24, 2.45) is 0 Å². The summed E-state index contributed by atoms with van der Waals surface area (Å²) < 4.78 is 0. The van der Waals surface area contributed by atoms with Crippen LogP contribution in [0.5, 0.6) is 0 Å². The number of hydrogen-bond acceptors (Lipinski definition) is 4. The lowest BCUT2D eigenvalue weighted by Gasteiger charge is -2.32. The Bertz CT molecular complexity index is 196. The number of hydrogen-bond donors (Lipinski definition) is 4. The Balaban J connectivity index is 0. The predicted octanol–water partition coefficient (Wildman–Crippen LogP) is -0.249. The van der Waals surface area contributed by atoms with Gasteiger partial charge in [-0.3, -0.25) is 16.0 Å². The quantitative estimate of drug-likeness (QED) is 0.369. The van der Waals surface area contributed by atoms with Gasteiger partial charge in [0.05, 0.1) is 0 Å². The van der Waals surface area contributed by atoms with Gasteiger partial charge in [0.15, 0.2) is 0 Å². The van der Waals surface area contributed by atoms with Crippen LogP contribution < -0.4 is 16.0 Å². The summed E-state index contributed by atoms with van der Waals surface area (Å²) >= 11 is 0. The molecule has 0 atom stereocenters. The van der Waals surface area contributed by atoms with E-state index in [-0.39, 0.29) is 24.4 Å². The van der Waals surface area contributed by atoms with E-state index in [0.29, 0.717) is 0 Å². The Labute approximate surface area is 90.4 Å². The molecule has 0 aliphatic rings. The molecule has 0 aromatic carbocycles. The van der Waals surface area contributed by atoms with Gasteiger partial charge in [0.2, 0.25) is 0 Å². The summed E-state index contributed by atoms with van der Waals surface area (Å²) in [5.74, 6) is -1.58. The molecule has 14 heavy (non-hydrogen) atoms. The molecule has 84 valence electrons. The van der Waals surface area contributed by atoms with Gasteiger partial charge >= 0.3 is 5.97 Å². The molecule has 0 aromatic heterocycles. The third-order valence-corrected chi connectivity index (χ3v) is 2.06. The predicted molar refractivity (Wildman–Crippen MR) is 58.6 cm³/mol. The molecule has 0 radical (unpaired) electrons. The zero-order valence-corrected chi connectivity index (χ0v) is 9.49. The van der Waals surface area contributed by atoms with Crippen LogP contribution in [0.15, 0.2) is 12.2 Å². The second-order valence-electron chi connectivity index (χ2n) is 2.74. The molecule has 0 spiro atoms. The Hall–Kier alpha value is -0.620. The average molecular weight is 224 g/mol. The second kappa shape index (κ2) is 6.78. The van der Waals surface area contributed by atoms with Gasteiger partial charge in [-0.25, -0.2) is 4.79 Å². The fourth-order valence-electron chi connectivity index (χ4n) is 1.04. The van der Waals surface area contributed by atoms with Crippen molar-refractivity contribution in [2.75, 3.05) is 21.1 Å². The number of carboxylic acids is 1. The molecule has 0 amide bonds. The third kappa shape index (κ3) is 4.06. The van der Waals surface area contributed by atoms with Crippen molar-refractivity contribution in [3.05, 3.63) is 12.2 Å². The number of carbonyl (C=O) groups is 1. The van der Waals surface area contributed by atoms with E-state index in [4.69, 9.17) is 5.11 Å². The van der Waals surface area contributed by atoms with Crippen LogP contribution in [-0.2, 0) is 4.79 Å². The highest BCUT2D eigenvalue weighted by molar-refractivity contribution is 5.86. The molecule has 0 heterocycles. The number of halogens is 1. The van der Waals surface area contributed by atoms with Crippen LogP contribution in [0, 0.1) is 0 Å². The van der Waals surface area contributed by atoms with Gasteiger partial charge in [-0.05, 0) is 21.1 Å². The van der Waals surface area contributed by atoms with Gasteiger partial charge < -0.3 is 5.11 Å². The first-order valence-electron chi connectivity index (χ1n) is 3.99. The smallest absolute Gasteiger partial charge is 0.331 e. The summed E-state index contributed by atoms with van der Waals surface area (Å²) in [5.41, 5.74) is 0.151. The monoisotopic (exact) mass is 223 g/mol. The molecule has 0 saturated carbocycles. The fourth-order valence-corrected chi connectivity index (χ4v) is 1.04. The van der Waals surface area contributed by atoms with Crippen molar-refractivity contribution in [3.8, 4) is 0 Å². The van der Waals surface area contributed by atoms with E-state index in [9.17, 15) is 4.79 Å². The molecular weight excluding hydrogens is 206 g/mol. The summed E-state index contributed by atoms with van der Waals surface area (Å²) in [6.45, 7) is 3.46. The minimum atomic E-state index is -0.981. The molecule has 4 N–H and O–H groups in total. The van der Waals surface area contributed by atoms with Crippen molar-refractivity contribution in [2.45, 2.75) is 12.2 Å². The van der Waals surface area contributed by atoms with Crippen LogP contribution in [0.3, 0.4) is 0 Å². The first kappa shape index (κ1) is 15.8. The Morgan fingerprint density at radius 3 is 1.86 bits per heavy atom. The maximum atomic E-state index is 10.5. The first-order chi connectivity index (χ1) is 6.01. The summed E-state index contributed by atoms with van der Waals surface area (Å²) in [5, 5.41) is 17.5. The molecular formula is C8H18ClN3O2. The van der Waals surface area contributed by atoms with Crippen molar-refractivity contribution < 1.29 is 9.90 Å². The van der Waals surface area contributed by atoms with Crippen LogP contribution in [0.1, 0.15) is 6.42 Å². The van der Waals surface area contributed by atoms with Gasteiger partial charge in [0.25, 0.3) is 0 Å². The molecule has 0 rings (SSSR count). The summed E-state index contributed by atoms with van der Waals surface area (Å²) in [4.78, 5) is 10.5. The lowest BCUT2D eigenvalue weighted by molar-refractivity contribution is -0.133. The van der Waals surface area contributed by atoms with E-state index in [1.807, 2.05) is 0 Å². The Kier molecular flexibility index (Phi) is 7.67. The van der Waals surface area contributed by atoms with Crippen LogP contribution in [-0.4, -0.2) is 38.0 Å². The van der Waals surface area contributed by atoms with E-state index in [1.165, 1.54) is 0 Å². The zero-order chi connectivity index (χ0) is 10.5. The van der Waals surface area contributed by atoms with Gasteiger partial charge in [-0.1, -0.05) is 6.58 Å². The molecule has 0 aromatic rings. The van der Waals surface area contributed by atoms with Crippen LogP contribution >= 0.6 is 12.4 Å². The van der Waals surface area contributed by atoms with E-state index >= 15 is 0 Å². The molecule has 0 saturated heterocycles. The van der Waals surface area contributed by atoms with E-state index < -0.39 is 11.8 Å². The van der Waals surface area contributed by atoms with Crippen molar-refractivity contribution in [3.63, 3.8) is 0 Å². The maximum absolute atomic E-state index is 10.5. The summed E-state index contributed by atoms with van der Waals surface area (Å²) in [6, 6.07) is 0. The minimum Gasteiger partial charge on any atom is -0.478 e. The molecule has 0 bridgehead atoms. The molecule has 0 aliphatic heterocycles. The molecule has 0 fully saturated rings. The maximum Gasteiger partial charge on any atom is 0.331 e. The first-order valence-corrected chi connectivity index (χ1v) is 3.99. The number of carboxylic acid groups (broad SMARTS) is 1. The highest BCUT2D eigenvalue weighted by atomic mass is 35.5. The highest BCUT2D eigenvalue weighted by Crippen LogP contribution is 2.08. The van der Waals surface area contributed by atoms with Gasteiger partial charge in [-0.2, -0.15) is 0 Å². The summed E-state index contributed by atoms with van der Waals surface area (Å²) in [6.07, 6.45) is 0.284. The zero-order valence-electron chi connectivity index (χ0n) is 8.68. The van der Waals surface area contributed by atoms with Gasteiger partial charge in [-0.15, -0.1) is 12.4 Å². The highest BCUT2D eigenvalue weighted by Gasteiger charge is 2.26. The lowest BCUT2D eigenvalue weighted by Crippen LogP contribution is -2.63. The largest absolute Gasteiger partial charge is 0.478 e. The molecule has 0 unspecified atom stereocenters. The van der Waals surface area contributed by atoms with Crippen LogP contribution in [0.4, 0.5) is 0 Å². The molecule has 0 aliphatic carbocycles. The molecule has 5 nitrogen and oxygen atoms in total. The average Bonchev–Trinajstić information content (AvgIpc) is 2.14. The normalized spacial score (nSPS) is 10.5.